The van der Waals surface area contributed by atoms with Crippen LogP contribution in [0.25, 0.3) is 0 Å². The van der Waals surface area contributed by atoms with E-state index in [1.807, 2.05) is 0 Å². The van der Waals surface area contributed by atoms with Gasteiger partial charge in [0, 0.05) is 10.7 Å². The fourth-order valence-electron chi connectivity index (χ4n) is 0.869. The van der Waals surface area contributed by atoms with Crippen LogP contribution in [-0.2, 0) is 4.79 Å². The Morgan fingerprint density at radius 2 is 2.00 bits per heavy atom. The summed E-state index contributed by atoms with van der Waals surface area (Å²) in [5.41, 5.74) is 0.743. The van der Waals surface area contributed by atoms with Crippen molar-refractivity contribution in [2.75, 3.05) is 5.32 Å². The van der Waals surface area contributed by atoms with Crippen molar-refractivity contribution < 1.29 is 4.79 Å². The molecule has 1 N–H and O–H groups in total. The average molecular weight is 196 g/mol. The van der Waals surface area contributed by atoms with E-state index in [1.54, 1.807) is 37.3 Å². The molecule has 3 heteroatoms. The molecular formula is C10H10ClNO. The summed E-state index contributed by atoms with van der Waals surface area (Å²) >= 11 is 5.68. The van der Waals surface area contributed by atoms with Crippen LogP contribution in [0, 0.1) is 0 Å². The highest BCUT2D eigenvalue weighted by Gasteiger charge is 1.95. The molecular weight excluding hydrogens is 186 g/mol. The van der Waals surface area contributed by atoms with E-state index >= 15 is 0 Å². The summed E-state index contributed by atoms with van der Waals surface area (Å²) in [6.07, 6.45) is 3.15. The summed E-state index contributed by atoms with van der Waals surface area (Å²) < 4.78 is 0. The number of hydrogen-bond acceptors (Lipinski definition) is 1. The summed E-state index contributed by atoms with van der Waals surface area (Å²) in [6.45, 7) is 1.79. The molecule has 0 radical (unpaired) electrons. The van der Waals surface area contributed by atoms with Crippen LogP contribution in [0.2, 0.25) is 5.02 Å². The van der Waals surface area contributed by atoms with Gasteiger partial charge in [-0.25, -0.2) is 0 Å². The standard InChI is InChI=1S/C10H10ClNO/c1-2-3-10(13)12-9-6-4-8(11)5-7-9/h2-7H,1H3,(H,12,13). The highest BCUT2D eigenvalue weighted by molar-refractivity contribution is 6.30. The number of nitrogens with one attached hydrogen (secondary N) is 1. The first kappa shape index (κ1) is 9.81. The average Bonchev–Trinajstić information content (AvgIpc) is 2.09. The van der Waals surface area contributed by atoms with Gasteiger partial charge in [0.1, 0.15) is 0 Å². The van der Waals surface area contributed by atoms with Crippen molar-refractivity contribution in [3.05, 3.63) is 41.4 Å². The van der Waals surface area contributed by atoms with Crippen molar-refractivity contribution in [1.82, 2.24) is 0 Å². The molecule has 0 saturated carbocycles. The number of anilines is 1. The van der Waals surface area contributed by atoms with Crippen molar-refractivity contribution in [3.63, 3.8) is 0 Å². The Morgan fingerprint density at radius 3 is 2.54 bits per heavy atom. The van der Waals surface area contributed by atoms with E-state index in [1.165, 1.54) is 6.08 Å². The molecule has 0 saturated heterocycles. The third kappa shape index (κ3) is 3.30. The Labute approximate surface area is 82.2 Å². The quantitative estimate of drug-likeness (QED) is 0.723. The van der Waals surface area contributed by atoms with E-state index in [2.05, 4.69) is 5.32 Å². The lowest BCUT2D eigenvalue weighted by atomic mass is 10.3. The predicted octanol–water partition coefficient (Wildman–Crippen LogP) is 2.85. The van der Waals surface area contributed by atoms with Gasteiger partial charge in [0.05, 0.1) is 0 Å². The van der Waals surface area contributed by atoms with Crippen molar-refractivity contribution in [2.24, 2.45) is 0 Å². The summed E-state index contributed by atoms with van der Waals surface area (Å²) in [7, 11) is 0. The van der Waals surface area contributed by atoms with E-state index in [4.69, 9.17) is 11.6 Å². The van der Waals surface area contributed by atoms with Crippen LogP contribution in [-0.4, -0.2) is 5.91 Å². The Morgan fingerprint density at radius 1 is 1.38 bits per heavy atom. The monoisotopic (exact) mass is 195 g/mol. The zero-order valence-electron chi connectivity index (χ0n) is 7.25. The molecule has 1 aromatic rings. The minimum Gasteiger partial charge on any atom is -0.323 e. The summed E-state index contributed by atoms with van der Waals surface area (Å²) in [4.78, 5) is 11.1. The largest absolute Gasteiger partial charge is 0.323 e. The molecule has 0 aliphatic rings. The van der Waals surface area contributed by atoms with Gasteiger partial charge in [-0.1, -0.05) is 17.7 Å². The van der Waals surface area contributed by atoms with Gasteiger partial charge in [0.25, 0.3) is 0 Å². The second-order valence-corrected chi connectivity index (χ2v) is 2.93. The van der Waals surface area contributed by atoms with Crippen LogP contribution >= 0.6 is 11.6 Å². The van der Waals surface area contributed by atoms with Crippen molar-refractivity contribution in [1.29, 1.82) is 0 Å². The zero-order valence-corrected chi connectivity index (χ0v) is 8.01. The van der Waals surface area contributed by atoms with Crippen LogP contribution in [0.1, 0.15) is 6.92 Å². The van der Waals surface area contributed by atoms with Gasteiger partial charge in [-0.3, -0.25) is 4.79 Å². The first-order valence-electron chi connectivity index (χ1n) is 3.91. The fourth-order valence-corrected chi connectivity index (χ4v) is 0.995. The maximum atomic E-state index is 11.1. The number of allylic oxidation sites excluding steroid dienone is 1. The number of carbonyl (C=O) groups is 1. The summed E-state index contributed by atoms with van der Waals surface area (Å²) in [5, 5.41) is 3.34. The van der Waals surface area contributed by atoms with Gasteiger partial charge < -0.3 is 5.32 Å². The highest BCUT2D eigenvalue weighted by atomic mass is 35.5. The van der Waals surface area contributed by atoms with Gasteiger partial charge in [0.15, 0.2) is 0 Å². The number of rotatable bonds is 2. The fraction of sp³-hybridized carbons (Fsp3) is 0.100. The minimum absolute atomic E-state index is 0.134. The van der Waals surface area contributed by atoms with Gasteiger partial charge in [-0.05, 0) is 37.3 Å². The highest BCUT2D eigenvalue weighted by Crippen LogP contribution is 2.13. The lowest BCUT2D eigenvalue weighted by Gasteiger charge is -2.00. The van der Waals surface area contributed by atoms with E-state index in [-0.39, 0.29) is 5.91 Å². The maximum absolute atomic E-state index is 11.1. The molecule has 68 valence electrons. The lowest BCUT2D eigenvalue weighted by molar-refractivity contribution is -0.111. The molecule has 0 fully saturated rings. The van der Waals surface area contributed by atoms with Gasteiger partial charge in [0.2, 0.25) is 5.91 Å². The Balaban J connectivity index is 2.64. The van der Waals surface area contributed by atoms with Gasteiger partial charge >= 0.3 is 0 Å². The molecule has 2 nitrogen and oxygen atoms in total. The molecule has 0 atom stereocenters. The molecule has 0 unspecified atom stereocenters. The van der Waals surface area contributed by atoms with Gasteiger partial charge in [-0.2, -0.15) is 0 Å². The third-order valence-electron chi connectivity index (χ3n) is 1.43. The second kappa shape index (κ2) is 4.67. The van der Waals surface area contributed by atoms with Crippen molar-refractivity contribution in [3.8, 4) is 0 Å². The molecule has 0 aromatic heterocycles. The SMILES string of the molecule is CC=CC(=O)Nc1ccc(Cl)cc1. The van der Waals surface area contributed by atoms with Crippen LogP contribution in [0.15, 0.2) is 36.4 Å². The second-order valence-electron chi connectivity index (χ2n) is 2.50. The number of carbonyl (C=O) groups excluding carboxylic acids is 1. The summed E-state index contributed by atoms with van der Waals surface area (Å²) in [5.74, 6) is -0.134. The topological polar surface area (TPSA) is 29.1 Å². The number of halogens is 1. The third-order valence-corrected chi connectivity index (χ3v) is 1.68. The first-order chi connectivity index (χ1) is 6.22. The zero-order chi connectivity index (χ0) is 9.68. The molecule has 13 heavy (non-hydrogen) atoms. The van der Waals surface area contributed by atoms with Crippen molar-refractivity contribution >= 4 is 23.2 Å². The van der Waals surface area contributed by atoms with Crippen LogP contribution in [0.4, 0.5) is 5.69 Å². The molecule has 1 rings (SSSR count). The maximum Gasteiger partial charge on any atom is 0.248 e. The minimum atomic E-state index is -0.134. The summed E-state index contributed by atoms with van der Waals surface area (Å²) in [6, 6.07) is 6.97. The van der Waals surface area contributed by atoms with E-state index in [9.17, 15) is 4.79 Å². The Hall–Kier alpha value is -1.28. The Kier molecular flexibility index (Phi) is 3.53. The molecule has 1 amide bonds. The number of hydrogen-bond donors (Lipinski definition) is 1. The van der Waals surface area contributed by atoms with E-state index in [0.29, 0.717) is 5.02 Å². The predicted molar refractivity (Wildman–Crippen MR) is 54.9 cm³/mol. The molecule has 0 bridgehead atoms. The lowest BCUT2D eigenvalue weighted by Crippen LogP contribution is -2.07. The molecule has 1 aromatic carbocycles. The Bertz CT molecular complexity index is 316. The number of benzene rings is 1. The molecule has 0 spiro atoms. The molecule has 0 aliphatic heterocycles. The number of amides is 1. The van der Waals surface area contributed by atoms with Crippen LogP contribution in [0.3, 0.4) is 0 Å². The van der Waals surface area contributed by atoms with Gasteiger partial charge in [-0.15, -0.1) is 0 Å². The molecule has 0 heterocycles. The van der Waals surface area contributed by atoms with E-state index < -0.39 is 0 Å². The van der Waals surface area contributed by atoms with Crippen molar-refractivity contribution in [2.45, 2.75) is 6.92 Å². The first-order valence-corrected chi connectivity index (χ1v) is 4.29. The van der Waals surface area contributed by atoms with Crippen LogP contribution < -0.4 is 5.32 Å². The van der Waals surface area contributed by atoms with Crippen LogP contribution in [0.5, 0.6) is 0 Å². The van der Waals surface area contributed by atoms with E-state index in [0.717, 1.165) is 5.69 Å². The smallest absolute Gasteiger partial charge is 0.248 e. The normalized spacial score (nSPS) is 10.3. The molecule has 0 aliphatic carbocycles.